The van der Waals surface area contributed by atoms with Crippen molar-refractivity contribution in [2.75, 3.05) is 23.8 Å². The minimum Gasteiger partial charge on any atom is -0.367 e. The standard InChI is InChI=1S/C13H20N6/c1-10(6-14)18-12-5-13(17-9-16-12)19(2)8-11-3-4-15-7-11/h3-5,7,9-10,15H,6,8,14H2,1-2H3,(H,16,17,18). The Labute approximate surface area is 113 Å². The van der Waals surface area contributed by atoms with Crippen LogP contribution in [0.1, 0.15) is 12.5 Å². The van der Waals surface area contributed by atoms with Gasteiger partial charge in [-0.3, -0.25) is 0 Å². The number of aromatic nitrogens is 3. The van der Waals surface area contributed by atoms with Gasteiger partial charge in [-0.25, -0.2) is 9.97 Å². The van der Waals surface area contributed by atoms with E-state index in [0.717, 1.165) is 18.2 Å². The number of nitrogens with one attached hydrogen (secondary N) is 2. The fourth-order valence-electron chi connectivity index (χ4n) is 1.76. The summed E-state index contributed by atoms with van der Waals surface area (Å²) >= 11 is 0. The number of H-pyrrole nitrogens is 1. The second kappa shape index (κ2) is 6.19. The zero-order valence-corrected chi connectivity index (χ0v) is 11.3. The van der Waals surface area contributed by atoms with E-state index in [-0.39, 0.29) is 6.04 Å². The molecular formula is C13H20N6. The molecule has 1 unspecified atom stereocenters. The highest BCUT2D eigenvalue weighted by molar-refractivity contribution is 5.48. The summed E-state index contributed by atoms with van der Waals surface area (Å²) in [6.45, 7) is 3.39. The third kappa shape index (κ3) is 3.69. The molecule has 2 rings (SSSR count). The van der Waals surface area contributed by atoms with Gasteiger partial charge in [-0.1, -0.05) is 0 Å². The topological polar surface area (TPSA) is 82.9 Å². The molecule has 0 fully saturated rings. The lowest BCUT2D eigenvalue weighted by molar-refractivity contribution is 0.795. The molecule has 0 bridgehead atoms. The number of nitrogens with two attached hydrogens (primary N) is 1. The van der Waals surface area contributed by atoms with Gasteiger partial charge in [-0.05, 0) is 18.6 Å². The molecule has 0 aliphatic heterocycles. The average molecular weight is 260 g/mol. The SMILES string of the molecule is CC(CN)Nc1cc(N(C)Cc2cc[nH]c2)ncn1. The van der Waals surface area contributed by atoms with Gasteiger partial charge in [0.15, 0.2) is 0 Å². The second-order valence-corrected chi connectivity index (χ2v) is 4.62. The van der Waals surface area contributed by atoms with E-state index in [1.165, 1.54) is 5.56 Å². The fraction of sp³-hybridized carbons (Fsp3) is 0.385. The summed E-state index contributed by atoms with van der Waals surface area (Å²) in [6, 6.07) is 4.17. The van der Waals surface area contributed by atoms with Crippen LogP contribution in [-0.4, -0.2) is 34.6 Å². The van der Waals surface area contributed by atoms with Crippen LogP contribution in [0.25, 0.3) is 0 Å². The lowest BCUT2D eigenvalue weighted by atomic mass is 10.3. The van der Waals surface area contributed by atoms with E-state index < -0.39 is 0 Å². The molecule has 4 N–H and O–H groups in total. The Hall–Kier alpha value is -2.08. The molecule has 0 aliphatic carbocycles. The summed E-state index contributed by atoms with van der Waals surface area (Å²) in [6.07, 6.45) is 5.46. The maximum absolute atomic E-state index is 5.59. The lowest BCUT2D eigenvalue weighted by Gasteiger charge is -2.19. The molecule has 6 heteroatoms. The zero-order valence-electron chi connectivity index (χ0n) is 11.3. The molecule has 0 amide bonds. The van der Waals surface area contributed by atoms with Gasteiger partial charge in [0, 0.05) is 44.6 Å². The largest absolute Gasteiger partial charge is 0.367 e. The Kier molecular flexibility index (Phi) is 4.35. The molecular weight excluding hydrogens is 240 g/mol. The van der Waals surface area contributed by atoms with Crippen LogP contribution >= 0.6 is 0 Å². The molecule has 0 saturated carbocycles. The summed E-state index contributed by atoms with van der Waals surface area (Å²) in [5.41, 5.74) is 6.80. The predicted octanol–water partition coefficient (Wildman–Crippen LogP) is 1.20. The zero-order chi connectivity index (χ0) is 13.7. The minimum absolute atomic E-state index is 0.192. The van der Waals surface area contributed by atoms with Crippen molar-refractivity contribution < 1.29 is 0 Å². The molecule has 0 radical (unpaired) electrons. The Bertz CT molecular complexity index is 496. The second-order valence-electron chi connectivity index (χ2n) is 4.62. The van der Waals surface area contributed by atoms with E-state index in [9.17, 15) is 0 Å². The highest BCUT2D eigenvalue weighted by atomic mass is 15.2. The molecule has 2 heterocycles. The van der Waals surface area contributed by atoms with Crippen LogP contribution < -0.4 is 16.0 Å². The quantitative estimate of drug-likeness (QED) is 0.727. The average Bonchev–Trinajstić information content (AvgIpc) is 2.91. The highest BCUT2D eigenvalue weighted by Crippen LogP contribution is 2.15. The van der Waals surface area contributed by atoms with E-state index >= 15 is 0 Å². The van der Waals surface area contributed by atoms with Crippen molar-refractivity contribution in [2.45, 2.75) is 19.5 Å². The van der Waals surface area contributed by atoms with Gasteiger partial charge in [0.25, 0.3) is 0 Å². The molecule has 0 spiro atoms. The van der Waals surface area contributed by atoms with E-state index in [1.807, 2.05) is 38.5 Å². The maximum Gasteiger partial charge on any atom is 0.134 e. The monoisotopic (exact) mass is 260 g/mol. The molecule has 0 saturated heterocycles. The number of hydrogen-bond donors (Lipinski definition) is 3. The van der Waals surface area contributed by atoms with Gasteiger partial charge in [0.1, 0.15) is 18.0 Å². The predicted molar refractivity (Wildman–Crippen MR) is 77.1 cm³/mol. The smallest absolute Gasteiger partial charge is 0.134 e. The third-order valence-electron chi connectivity index (χ3n) is 2.87. The van der Waals surface area contributed by atoms with Crippen LogP contribution in [-0.2, 0) is 6.54 Å². The number of rotatable bonds is 6. The molecule has 1 atom stereocenters. The lowest BCUT2D eigenvalue weighted by Crippen LogP contribution is -2.26. The molecule has 2 aromatic rings. The van der Waals surface area contributed by atoms with E-state index in [1.54, 1.807) is 6.33 Å². The van der Waals surface area contributed by atoms with Crippen molar-refractivity contribution in [3.05, 3.63) is 36.4 Å². The van der Waals surface area contributed by atoms with Crippen LogP contribution in [0.5, 0.6) is 0 Å². The molecule has 2 aromatic heterocycles. The summed E-state index contributed by atoms with van der Waals surface area (Å²) in [5, 5.41) is 3.24. The van der Waals surface area contributed by atoms with Crippen molar-refractivity contribution >= 4 is 11.6 Å². The van der Waals surface area contributed by atoms with Crippen molar-refractivity contribution in [3.63, 3.8) is 0 Å². The first kappa shape index (κ1) is 13.4. The first-order valence-corrected chi connectivity index (χ1v) is 6.30. The summed E-state index contributed by atoms with van der Waals surface area (Å²) in [5.74, 6) is 1.67. The third-order valence-corrected chi connectivity index (χ3v) is 2.87. The highest BCUT2D eigenvalue weighted by Gasteiger charge is 2.07. The Morgan fingerprint density at radius 3 is 3.00 bits per heavy atom. The number of nitrogens with zero attached hydrogens (tertiary/aromatic N) is 3. The van der Waals surface area contributed by atoms with Crippen LogP contribution in [0.15, 0.2) is 30.9 Å². The summed E-state index contributed by atoms with van der Waals surface area (Å²) in [7, 11) is 2.01. The van der Waals surface area contributed by atoms with Crippen LogP contribution in [0.2, 0.25) is 0 Å². The Morgan fingerprint density at radius 1 is 1.47 bits per heavy atom. The summed E-state index contributed by atoms with van der Waals surface area (Å²) < 4.78 is 0. The van der Waals surface area contributed by atoms with Gasteiger partial charge in [-0.2, -0.15) is 0 Å². The fourth-order valence-corrected chi connectivity index (χ4v) is 1.76. The van der Waals surface area contributed by atoms with Crippen LogP contribution in [0.4, 0.5) is 11.6 Å². The van der Waals surface area contributed by atoms with Crippen LogP contribution in [0.3, 0.4) is 0 Å². The molecule has 0 aromatic carbocycles. The minimum atomic E-state index is 0.192. The summed E-state index contributed by atoms with van der Waals surface area (Å²) in [4.78, 5) is 13.6. The van der Waals surface area contributed by atoms with Crippen molar-refractivity contribution in [3.8, 4) is 0 Å². The van der Waals surface area contributed by atoms with E-state index in [4.69, 9.17) is 5.73 Å². The molecule has 19 heavy (non-hydrogen) atoms. The molecule has 6 nitrogen and oxygen atoms in total. The van der Waals surface area contributed by atoms with Crippen molar-refractivity contribution in [2.24, 2.45) is 5.73 Å². The van der Waals surface area contributed by atoms with Gasteiger partial charge < -0.3 is 20.9 Å². The van der Waals surface area contributed by atoms with E-state index in [0.29, 0.717) is 6.54 Å². The van der Waals surface area contributed by atoms with Crippen LogP contribution in [0, 0.1) is 0 Å². The van der Waals surface area contributed by atoms with E-state index in [2.05, 4.69) is 25.2 Å². The normalized spacial score (nSPS) is 12.2. The number of hydrogen-bond acceptors (Lipinski definition) is 5. The van der Waals surface area contributed by atoms with Gasteiger partial charge in [-0.15, -0.1) is 0 Å². The maximum atomic E-state index is 5.59. The van der Waals surface area contributed by atoms with Gasteiger partial charge in [0.05, 0.1) is 0 Å². The van der Waals surface area contributed by atoms with Crippen molar-refractivity contribution in [1.29, 1.82) is 0 Å². The number of aromatic amines is 1. The van der Waals surface area contributed by atoms with Gasteiger partial charge >= 0.3 is 0 Å². The van der Waals surface area contributed by atoms with Crippen molar-refractivity contribution in [1.82, 2.24) is 15.0 Å². The Balaban J connectivity index is 2.05. The number of anilines is 2. The molecule has 102 valence electrons. The first-order chi connectivity index (χ1) is 9.19. The van der Waals surface area contributed by atoms with Gasteiger partial charge in [0.2, 0.25) is 0 Å². The first-order valence-electron chi connectivity index (χ1n) is 6.30. The molecule has 0 aliphatic rings. The Morgan fingerprint density at radius 2 is 2.32 bits per heavy atom.